The maximum Gasteiger partial charge on any atom is 0.349 e. The first kappa shape index (κ1) is 24.9. The minimum atomic E-state index is -0.554. The number of hydrogen-bond donors (Lipinski definition) is 1. The molecule has 2 aromatic heterocycles. The number of aryl methyl sites for hydroxylation is 1. The lowest BCUT2D eigenvalue weighted by Gasteiger charge is -2.23. The Balaban J connectivity index is 0.00000171. The normalized spacial score (nSPS) is 15.6. The van der Waals surface area contributed by atoms with E-state index in [2.05, 4.69) is 10.3 Å². The third kappa shape index (κ3) is 5.26. The van der Waals surface area contributed by atoms with Gasteiger partial charge in [-0.15, -0.1) is 24.8 Å². The van der Waals surface area contributed by atoms with E-state index in [-0.39, 0.29) is 42.2 Å². The van der Waals surface area contributed by atoms with Crippen LogP contribution in [0.15, 0.2) is 51.8 Å². The number of carbonyl (C=O) groups is 1. The van der Waals surface area contributed by atoms with Gasteiger partial charge in [-0.25, -0.2) is 4.79 Å². The molecule has 0 spiro atoms. The zero-order chi connectivity index (χ0) is 20.4. The van der Waals surface area contributed by atoms with Gasteiger partial charge in [-0.1, -0.05) is 18.2 Å². The molecule has 1 saturated heterocycles. The molecule has 0 bridgehead atoms. The molecule has 166 valence electrons. The van der Waals surface area contributed by atoms with Crippen LogP contribution in [-0.4, -0.2) is 35.9 Å². The third-order valence-corrected chi connectivity index (χ3v) is 5.57. The number of benzene rings is 1. The fourth-order valence-corrected chi connectivity index (χ4v) is 4.00. The van der Waals surface area contributed by atoms with Crippen molar-refractivity contribution >= 4 is 41.6 Å². The first-order valence-electron chi connectivity index (χ1n) is 9.98. The number of carbonyl (C=O) groups excluding carboxylic acids is 1. The van der Waals surface area contributed by atoms with Crippen molar-refractivity contribution in [3.63, 3.8) is 0 Å². The van der Waals surface area contributed by atoms with Crippen molar-refractivity contribution in [2.24, 2.45) is 0 Å². The number of hydrogen-bond acceptors (Lipinski definition) is 5. The Bertz CT molecular complexity index is 1110. The smallest absolute Gasteiger partial charge is 0.349 e. The molecule has 0 radical (unpaired) electrons. The average Bonchev–Trinajstić information content (AvgIpc) is 2.74. The van der Waals surface area contributed by atoms with E-state index in [1.54, 1.807) is 25.1 Å². The van der Waals surface area contributed by atoms with Crippen molar-refractivity contribution < 1.29 is 9.21 Å². The van der Waals surface area contributed by atoms with Gasteiger partial charge >= 0.3 is 5.63 Å². The Morgan fingerprint density at radius 1 is 1.26 bits per heavy atom. The lowest BCUT2D eigenvalue weighted by molar-refractivity contribution is 0.0779. The number of nitrogens with zero attached hydrogens (tertiary/aromatic N) is 2. The predicted molar refractivity (Wildman–Crippen MR) is 127 cm³/mol. The van der Waals surface area contributed by atoms with Crippen LogP contribution in [0.5, 0.6) is 0 Å². The summed E-state index contributed by atoms with van der Waals surface area (Å²) in [6, 6.07) is 11.6. The average molecular weight is 464 g/mol. The topological polar surface area (TPSA) is 75.4 Å². The molecule has 31 heavy (non-hydrogen) atoms. The summed E-state index contributed by atoms with van der Waals surface area (Å²) in [5.41, 5.74) is 2.09. The molecular weight excluding hydrogens is 437 g/mol. The van der Waals surface area contributed by atoms with Crippen molar-refractivity contribution in [2.75, 3.05) is 20.1 Å². The minimum Gasteiger partial charge on any atom is -0.427 e. The summed E-state index contributed by atoms with van der Waals surface area (Å²) >= 11 is 0. The predicted octanol–water partition coefficient (Wildman–Crippen LogP) is 4.08. The first-order chi connectivity index (χ1) is 14.0. The van der Waals surface area contributed by atoms with Crippen molar-refractivity contribution in [1.82, 2.24) is 15.2 Å². The maximum atomic E-state index is 13.1. The van der Waals surface area contributed by atoms with Crippen LogP contribution < -0.4 is 10.9 Å². The summed E-state index contributed by atoms with van der Waals surface area (Å²) < 4.78 is 5.57. The Hall–Kier alpha value is -2.41. The van der Waals surface area contributed by atoms with Crippen LogP contribution in [0.3, 0.4) is 0 Å². The standard InChI is InChI=1S/C23H25N3O3.2ClH/c1-15-12-20(16-6-5-10-24-13-16)29-23(28)21(15)22(27)26(2)14-17-9-11-25-19-8-4-3-7-18(17)19;;/h3-4,7-9,11-12,16,24H,5-6,10,13-14H2,1-2H3;2*1H. The fraction of sp³-hybridized carbons (Fsp3) is 0.348. The monoisotopic (exact) mass is 463 g/mol. The minimum absolute atomic E-state index is 0. The SMILES string of the molecule is Cc1cc(C2CCCNC2)oc(=O)c1C(=O)N(C)Cc1ccnc2ccccc12.Cl.Cl. The quantitative estimate of drug-likeness (QED) is 0.630. The number of amides is 1. The molecule has 1 unspecified atom stereocenters. The number of piperidine rings is 1. The molecule has 1 aliphatic heterocycles. The van der Waals surface area contributed by atoms with Gasteiger partial charge in [0.1, 0.15) is 11.3 Å². The summed E-state index contributed by atoms with van der Waals surface area (Å²) in [5.74, 6) is 0.518. The summed E-state index contributed by atoms with van der Waals surface area (Å²) in [7, 11) is 1.70. The van der Waals surface area contributed by atoms with E-state index < -0.39 is 5.63 Å². The van der Waals surface area contributed by atoms with E-state index in [1.165, 1.54) is 0 Å². The van der Waals surface area contributed by atoms with Gasteiger partial charge in [0.05, 0.1) is 5.52 Å². The largest absolute Gasteiger partial charge is 0.427 e. The van der Waals surface area contributed by atoms with Crippen LogP contribution in [0.1, 0.15) is 46.0 Å². The zero-order valence-corrected chi connectivity index (χ0v) is 19.2. The highest BCUT2D eigenvalue weighted by Gasteiger charge is 2.24. The Labute approximate surface area is 193 Å². The molecule has 8 heteroatoms. The van der Waals surface area contributed by atoms with Gasteiger partial charge < -0.3 is 14.6 Å². The van der Waals surface area contributed by atoms with Gasteiger partial charge in [-0.3, -0.25) is 9.78 Å². The Morgan fingerprint density at radius 2 is 2.03 bits per heavy atom. The molecule has 0 saturated carbocycles. The van der Waals surface area contributed by atoms with E-state index in [1.807, 2.05) is 36.4 Å². The summed E-state index contributed by atoms with van der Waals surface area (Å²) in [5, 5.41) is 4.33. The third-order valence-electron chi connectivity index (χ3n) is 5.57. The Morgan fingerprint density at radius 3 is 2.74 bits per heavy atom. The van der Waals surface area contributed by atoms with Crippen LogP contribution in [0.25, 0.3) is 10.9 Å². The molecule has 6 nitrogen and oxygen atoms in total. The molecule has 1 aliphatic rings. The maximum absolute atomic E-state index is 13.1. The molecule has 4 rings (SSSR count). The molecule has 0 aliphatic carbocycles. The Kier molecular flexibility index (Phi) is 8.62. The van der Waals surface area contributed by atoms with Gasteiger partial charge in [-0.05, 0) is 55.6 Å². The van der Waals surface area contributed by atoms with Crippen molar-refractivity contribution in [2.45, 2.75) is 32.2 Å². The van der Waals surface area contributed by atoms with Crippen LogP contribution >= 0.6 is 24.8 Å². The second-order valence-corrected chi connectivity index (χ2v) is 7.69. The fourth-order valence-electron chi connectivity index (χ4n) is 4.00. The highest BCUT2D eigenvalue weighted by atomic mass is 35.5. The summed E-state index contributed by atoms with van der Waals surface area (Å²) in [6.45, 7) is 3.98. The van der Waals surface area contributed by atoms with Gasteiger partial charge in [-0.2, -0.15) is 0 Å². The summed E-state index contributed by atoms with van der Waals surface area (Å²) in [4.78, 5) is 31.6. The van der Waals surface area contributed by atoms with Gasteiger partial charge in [0, 0.05) is 37.6 Å². The van der Waals surface area contributed by atoms with Crippen molar-refractivity contribution in [1.29, 1.82) is 0 Å². The molecular formula is C23H27Cl2N3O3. The van der Waals surface area contributed by atoms with Crippen molar-refractivity contribution in [3.05, 3.63) is 75.5 Å². The molecule has 3 aromatic rings. The highest BCUT2D eigenvalue weighted by Crippen LogP contribution is 2.24. The second-order valence-electron chi connectivity index (χ2n) is 7.69. The molecule has 1 aromatic carbocycles. The molecule has 1 atom stereocenters. The van der Waals surface area contributed by atoms with Gasteiger partial charge in [0.25, 0.3) is 5.91 Å². The van der Waals surface area contributed by atoms with E-state index in [9.17, 15) is 9.59 Å². The van der Waals surface area contributed by atoms with Crippen LogP contribution in [0.4, 0.5) is 0 Å². The van der Waals surface area contributed by atoms with Crippen molar-refractivity contribution in [3.8, 4) is 0 Å². The number of fused-ring (bicyclic) bond motifs is 1. The van der Waals surface area contributed by atoms with Crippen LogP contribution in [-0.2, 0) is 6.54 Å². The first-order valence-corrected chi connectivity index (χ1v) is 9.98. The lowest BCUT2D eigenvalue weighted by Crippen LogP contribution is -2.33. The van der Waals surface area contributed by atoms with E-state index >= 15 is 0 Å². The van der Waals surface area contributed by atoms with E-state index in [4.69, 9.17) is 4.42 Å². The molecule has 1 N–H and O–H groups in total. The number of nitrogens with one attached hydrogen (secondary N) is 1. The number of halogens is 2. The van der Waals surface area contributed by atoms with Gasteiger partial charge in [0.15, 0.2) is 0 Å². The number of para-hydroxylation sites is 1. The van der Waals surface area contributed by atoms with E-state index in [0.29, 0.717) is 17.9 Å². The molecule has 3 heterocycles. The van der Waals surface area contributed by atoms with Crippen LogP contribution in [0.2, 0.25) is 0 Å². The molecule has 1 amide bonds. The van der Waals surface area contributed by atoms with E-state index in [0.717, 1.165) is 42.4 Å². The highest BCUT2D eigenvalue weighted by molar-refractivity contribution is 5.95. The lowest BCUT2D eigenvalue weighted by atomic mass is 9.95. The second kappa shape index (κ2) is 10.8. The van der Waals surface area contributed by atoms with Crippen LogP contribution in [0, 0.1) is 6.92 Å². The zero-order valence-electron chi connectivity index (χ0n) is 17.6. The molecule has 1 fully saturated rings. The number of rotatable bonds is 4. The van der Waals surface area contributed by atoms with Gasteiger partial charge in [0.2, 0.25) is 0 Å². The summed E-state index contributed by atoms with van der Waals surface area (Å²) in [6.07, 6.45) is 3.77. The number of pyridine rings is 1. The number of aromatic nitrogens is 1.